The summed E-state index contributed by atoms with van der Waals surface area (Å²) in [5, 5.41) is 0. The second kappa shape index (κ2) is 15.4. The van der Waals surface area contributed by atoms with Crippen molar-refractivity contribution in [1.82, 2.24) is 0 Å². The molecule has 4 nitrogen and oxygen atoms in total. The van der Waals surface area contributed by atoms with Gasteiger partial charge in [-0.2, -0.15) is 0 Å². The van der Waals surface area contributed by atoms with Crippen LogP contribution in [0.4, 0.5) is 0 Å². The molecule has 0 aliphatic rings. The zero-order valence-electron chi connectivity index (χ0n) is 16.2. The van der Waals surface area contributed by atoms with Crippen LogP contribution in [0, 0.1) is 0 Å². The monoisotopic (exact) mass is 332 g/mol. The van der Waals surface area contributed by atoms with Gasteiger partial charge in [-0.15, -0.1) is 0 Å². The fraction of sp³-hybridized carbons (Fsp3) is 1.00. The molecule has 4 heteroatoms. The molecule has 0 amide bonds. The van der Waals surface area contributed by atoms with Crippen LogP contribution in [0.25, 0.3) is 0 Å². The molecule has 140 valence electrons. The maximum Gasteiger partial charge on any atom is 0.310 e. The van der Waals surface area contributed by atoms with Gasteiger partial charge in [0.2, 0.25) is 0 Å². The first-order chi connectivity index (χ1) is 11.2. The van der Waals surface area contributed by atoms with Crippen molar-refractivity contribution in [2.45, 2.75) is 97.6 Å². The van der Waals surface area contributed by atoms with Crippen LogP contribution >= 0.6 is 0 Å². The van der Waals surface area contributed by atoms with Crippen LogP contribution in [0.3, 0.4) is 0 Å². The lowest BCUT2D eigenvalue weighted by molar-refractivity contribution is -0.409. The average molecular weight is 333 g/mol. The normalized spacial score (nSPS) is 15.5. The molecule has 0 bridgehead atoms. The lowest BCUT2D eigenvalue weighted by Crippen LogP contribution is -2.51. The topological polar surface area (TPSA) is 36.9 Å². The maximum absolute atomic E-state index is 6.05. The Labute approximate surface area is 144 Å². The van der Waals surface area contributed by atoms with Crippen molar-refractivity contribution in [3.63, 3.8) is 0 Å². The third-order valence-electron chi connectivity index (χ3n) is 3.87. The highest BCUT2D eigenvalue weighted by molar-refractivity contribution is 4.73. The van der Waals surface area contributed by atoms with Crippen LogP contribution in [-0.4, -0.2) is 39.0 Å². The average Bonchev–Trinajstić information content (AvgIpc) is 2.57. The lowest BCUT2D eigenvalue weighted by atomic mass is 10.1. The molecule has 2 atom stereocenters. The molecule has 0 aliphatic carbocycles. The zero-order chi connectivity index (χ0) is 17.4. The molecule has 0 aliphatic heterocycles. The summed E-state index contributed by atoms with van der Waals surface area (Å²) >= 11 is 0. The highest BCUT2D eigenvalue weighted by atomic mass is 16.9. The Bertz CT molecular complexity index is 248. The van der Waals surface area contributed by atoms with Crippen LogP contribution in [0.15, 0.2) is 0 Å². The van der Waals surface area contributed by atoms with E-state index in [1.54, 1.807) is 7.11 Å². The number of hydrogen-bond acceptors (Lipinski definition) is 4. The summed E-state index contributed by atoms with van der Waals surface area (Å²) in [5.74, 6) is -1.07. The predicted molar refractivity (Wildman–Crippen MR) is 95.6 cm³/mol. The van der Waals surface area contributed by atoms with Gasteiger partial charge in [0.05, 0.1) is 6.61 Å². The molecule has 23 heavy (non-hydrogen) atoms. The van der Waals surface area contributed by atoms with Gasteiger partial charge in [0.25, 0.3) is 0 Å². The van der Waals surface area contributed by atoms with Crippen molar-refractivity contribution in [1.29, 1.82) is 0 Å². The molecule has 0 fully saturated rings. The Morgan fingerprint density at radius 3 is 1.96 bits per heavy atom. The Hall–Kier alpha value is -0.160. The molecule has 0 rings (SSSR count). The Morgan fingerprint density at radius 1 is 0.739 bits per heavy atom. The first-order valence-corrected chi connectivity index (χ1v) is 9.65. The van der Waals surface area contributed by atoms with Gasteiger partial charge in [-0.25, -0.2) is 0 Å². The number of methoxy groups -OCH3 is 1. The second-order valence-corrected chi connectivity index (χ2v) is 6.01. The second-order valence-electron chi connectivity index (χ2n) is 6.01. The first kappa shape index (κ1) is 22.8. The minimum atomic E-state index is -1.07. The molecular formula is C19H40O4. The summed E-state index contributed by atoms with van der Waals surface area (Å²) in [6, 6.07) is 0. The fourth-order valence-corrected chi connectivity index (χ4v) is 2.65. The van der Waals surface area contributed by atoms with Crippen LogP contribution in [0.5, 0.6) is 0 Å². The van der Waals surface area contributed by atoms with E-state index in [0.717, 1.165) is 25.7 Å². The summed E-state index contributed by atoms with van der Waals surface area (Å²) < 4.78 is 23.5. The molecule has 0 aromatic rings. The maximum atomic E-state index is 6.05. The molecule has 0 saturated heterocycles. The van der Waals surface area contributed by atoms with E-state index in [4.69, 9.17) is 18.9 Å². The van der Waals surface area contributed by atoms with Gasteiger partial charge in [-0.1, -0.05) is 59.3 Å². The third kappa shape index (κ3) is 9.65. The molecule has 0 N–H and O–H groups in total. The summed E-state index contributed by atoms with van der Waals surface area (Å²) in [6.45, 7) is 10.3. The van der Waals surface area contributed by atoms with Crippen LogP contribution in [0.2, 0.25) is 0 Å². The Kier molecular flexibility index (Phi) is 15.3. The fourth-order valence-electron chi connectivity index (χ4n) is 2.65. The van der Waals surface area contributed by atoms with E-state index in [1.807, 2.05) is 6.92 Å². The Morgan fingerprint density at radius 2 is 1.39 bits per heavy atom. The van der Waals surface area contributed by atoms with Gasteiger partial charge in [-0.3, -0.25) is 0 Å². The lowest BCUT2D eigenvalue weighted by Gasteiger charge is -2.38. The first-order valence-electron chi connectivity index (χ1n) is 9.65. The van der Waals surface area contributed by atoms with Crippen molar-refractivity contribution in [2.75, 3.05) is 26.9 Å². The van der Waals surface area contributed by atoms with Gasteiger partial charge in [0.1, 0.15) is 6.10 Å². The van der Waals surface area contributed by atoms with Crippen molar-refractivity contribution in [3.05, 3.63) is 0 Å². The van der Waals surface area contributed by atoms with Gasteiger partial charge >= 0.3 is 5.97 Å². The van der Waals surface area contributed by atoms with E-state index in [1.165, 1.54) is 32.1 Å². The molecule has 0 heterocycles. The standard InChI is InChI=1S/C19H40O4/c1-6-10-11-12-13-14-15-18(21-16-7-2)19(20-5,22-9-4)23-17-8-3/h18H,6-17H2,1-5H3. The highest BCUT2D eigenvalue weighted by Crippen LogP contribution is 2.27. The van der Waals surface area contributed by atoms with Crippen molar-refractivity contribution in [3.8, 4) is 0 Å². The molecule has 0 spiro atoms. The summed E-state index contributed by atoms with van der Waals surface area (Å²) in [4.78, 5) is 0. The van der Waals surface area contributed by atoms with Gasteiger partial charge in [-0.05, 0) is 26.2 Å². The minimum Gasteiger partial charge on any atom is -0.370 e. The Balaban J connectivity index is 4.62. The predicted octanol–water partition coefficient (Wildman–Crippen LogP) is 5.30. The van der Waals surface area contributed by atoms with Crippen LogP contribution in [0.1, 0.15) is 85.5 Å². The van der Waals surface area contributed by atoms with Gasteiger partial charge < -0.3 is 18.9 Å². The quantitative estimate of drug-likeness (QED) is 0.268. The third-order valence-corrected chi connectivity index (χ3v) is 3.87. The highest BCUT2D eigenvalue weighted by Gasteiger charge is 2.42. The number of hydrogen-bond donors (Lipinski definition) is 0. The van der Waals surface area contributed by atoms with Crippen molar-refractivity contribution < 1.29 is 18.9 Å². The molecule has 2 unspecified atom stereocenters. The zero-order valence-corrected chi connectivity index (χ0v) is 16.2. The summed E-state index contributed by atoms with van der Waals surface area (Å²) in [5.41, 5.74) is 0. The van der Waals surface area contributed by atoms with Gasteiger partial charge in [0, 0.05) is 20.3 Å². The number of ether oxygens (including phenoxy) is 4. The smallest absolute Gasteiger partial charge is 0.310 e. The molecule has 0 aromatic carbocycles. The molecular weight excluding hydrogens is 292 g/mol. The van der Waals surface area contributed by atoms with E-state index < -0.39 is 5.97 Å². The van der Waals surface area contributed by atoms with Crippen molar-refractivity contribution in [2.24, 2.45) is 0 Å². The van der Waals surface area contributed by atoms with Crippen LogP contribution < -0.4 is 0 Å². The molecule has 0 saturated carbocycles. The van der Waals surface area contributed by atoms with Gasteiger partial charge in [0.15, 0.2) is 0 Å². The van der Waals surface area contributed by atoms with E-state index in [-0.39, 0.29) is 6.10 Å². The van der Waals surface area contributed by atoms with Crippen molar-refractivity contribution >= 4 is 0 Å². The molecule has 0 radical (unpaired) electrons. The SMILES string of the molecule is CCCCCCCCC(OCCC)C(OC)(OCC)OCCC. The largest absolute Gasteiger partial charge is 0.370 e. The number of unbranched alkanes of at least 4 members (excludes halogenated alkanes) is 5. The number of rotatable bonds is 17. The summed E-state index contributed by atoms with van der Waals surface area (Å²) in [7, 11) is 1.65. The molecule has 0 aromatic heterocycles. The van der Waals surface area contributed by atoms with E-state index in [9.17, 15) is 0 Å². The van der Waals surface area contributed by atoms with E-state index >= 15 is 0 Å². The van der Waals surface area contributed by atoms with E-state index in [2.05, 4.69) is 20.8 Å². The van der Waals surface area contributed by atoms with E-state index in [0.29, 0.717) is 19.8 Å². The van der Waals surface area contributed by atoms with Crippen LogP contribution in [-0.2, 0) is 18.9 Å². The minimum absolute atomic E-state index is 0.176. The summed E-state index contributed by atoms with van der Waals surface area (Å²) in [6.07, 6.45) is 10.2.